The number of rotatable bonds is 6. The van der Waals surface area contributed by atoms with Gasteiger partial charge in [-0.15, -0.1) is 0 Å². The predicted octanol–water partition coefficient (Wildman–Crippen LogP) is 4.64. The van der Waals surface area contributed by atoms with Crippen molar-refractivity contribution in [1.29, 1.82) is 0 Å². The van der Waals surface area contributed by atoms with Crippen molar-refractivity contribution in [2.75, 3.05) is 11.9 Å². The molecule has 7 heteroatoms. The van der Waals surface area contributed by atoms with Crippen LogP contribution in [0.2, 0.25) is 15.1 Å². The average Bonchev–Trinajstić information content (AvgIpc) is 2.52. The predicted molar refractivity (Wildman–Crippen MR) is 103 cm³/mol. The van der Waals surface area contributed by atoms with E-state index in [9.17, 15) is 9.59 Å². The van der Waals surface area contributed by atoms with Crippen molar-refractivity contribution in [3.8, 4) is 0 Å². The van der Waals surface area contributed by atoms with E-state index in [1.54, 1.807) is 30.3 Å². The molecule has 0 aromatic heterocycles. The Balaban J connectivity index is 1.78. The number of amides is 2. The largest absolute Gasteiger partial charge is 0.355 e. The fourth-order valence-corrected chi connectivity index (χ4v) is 2.96. The molecule has 132 valence electrons. The number of benzene rings is 2. The molecule has 4 nitrogen and oxygen atoms in total. The van der Waals surface area contributed by atoms with Gasteiger partial charge >= 0.3 is 0 Å². The highest BCUT2D eigenvalue weighted by Gasteiger charge is 2.11. The fourth-order valence-electron chi connectivity index (χ4n) is 2.23. The number of hydrogen-bond donors (Lipinski definition) is 2. The lowest BCUT2D eigenvalue weighted by Gasteiger charge is -2.09. The van der Waals surface area contributed by atoms with Crippen LogP contribution in [0.4, 0.5) is 5.69 Å². The van der Waals surface area contributed by atoms with Gasteiger partial charge in [0.2, 0.25) is 11.8 Å². The lowest BCUT2D eigenvalue weighted by molar-refractivity contribution is -0.126. The van der Waals surface area contributed by atoms with Crippen LogP contribution in [0.3, 0.4) is 0 Å². The van der Waals surface area contributed by atoms with Crippen LogP contribution in [-0.2, 0) is 16.0 Å². The molecular weight excluding hydrogens is 383 g/mol. The highest BCUT2D eigenvalue weighted by molar-refractivity contribution is 6.35. The van der Waals surface area contributed by atoms with Crippen LogP contribution in [0.25, 0.3) is 0 Å². The molecule has 2 amide bonds. The zero-order chi connectivity index (χ0) is 18.4. The Hall–Kier alpha value is -1.75. The molecule has 0 saturated heterocycles. The van der Waals surface area contributed by atoms with Gasteiger partial charge in [0.25, 0.3) is 0 Å². The van der Waals surface area contributed by atoms with E-state index in [2.05, 4.69) is 10.6 Å². The van der Waals surface area contributed by atoms with E-state index in [1.807, 2.05) is 13.0 Å². The maximum Gasteiger partial charge on any atom is 0.233 e. The summed E-state index contributed by atoms with van der Waals surface area (Å²) < 4.78 is 0. The SMILES string of the molecule is Cc1cc(Cl)ccc1NC(=O)CC(=O)NCCc1ccc(Cl)cc1Cl. The number of carbonyl (C=O) groups is 2. The van der Waals surface area contributed by atoms with Gasteiger partial charge in [0.15, 0.2) is 0 Å². The summed E-state index contributed by atoms with van der Waals surface area (Å²) in [6.07, 6.45) is 0.302. The molecule has 2 N–H and O–H groups in total. The van der Waals surface area contributed by atoms with Gasteiger partial charge in [0.05, 0.1) is 0 Å². The van der Waals surface area contributed by atoms with Crippen LogP contribution in [-0.4, -0.2) is 18.4 Å². The van der Waals surface area contributed by atoms with Crippen molar-refractivity contribution in [3.05, 3.63) is 62.6 Å². The molecule has 2 aromatic rings. The van der Waals surface area contributed by atoms with E-state index in [0.717, 1.165) is 11.1 Å². The summed E-state index contributed by atoms with van der Waals surface area (Å²) in [6, 6.07) is 10.3. The zero-order valence-electron chi connectivity index (χ0n) is 13.5. The highest BCUT2D eigenvalue weighted by Crippen LogP contribution is 2.21. The molecule has 0 heterocycles. The first-order valence-corrected chi connectivity index (χ1v) is 8.75. The number of hydrogen-bond acceptors (Lipinski definition) is 2. The van der Waals surface area contributed by atoms with E-state index in [0.29, 0.717) is 33.7 Å². The summed E-state index contributed by atoms with van der Waals surface area (Å²) in [4.78, 5) is 23.8. The molecule has 0 radical (unpaired) electrons. The van der Waals surface area contributed by atoms with E-state index in [4.69, 9.17) is 34.8 Å². The Morgan fingerprint density at radius 2 is 1.64 bits per heavy atom. The summed E-state index contributed by atoms with van der Waals surface area (Å²) >= 11 is 17.8. The normalized spacial score (nSPS) is 10.4. The Kier molecular flexibility index (Phi) is 7.12. The second kappa shape index (κ2) is 9.09. The monoisotopic (exact) mass is 398 g/mol. The van der Waals surface area contributed by atoms with Gasteiger partial charge < -0.3 is 10.6 Å². The van der Waals surface area contributed by atoms with Crippen LogP contribution in [0, 0.1) is 6.92 Å². The van der Waals surface area contributed by atoms with Gasteiger partial charge in [-0.1, -0.05) is 40.9 Å². The minimum absolute atomic E-state index is 0.254. The summed E-state index contributed by atoms with van der Waals surface area (Å²) in [5, 5.41) is 7.11. The van der Waals surface area contributed by atoms with E-state index < -0.39 is 0 Å². The molecule has 0 aliphatic rings. The van der Waals surface area contributed by atoms with Crippen LogP contribution in [0.1, 0.15) is 17.5 Å². The fraction of sp³-hybridized carbons (Fsp3) is 0.222. The summed E-state index contributed by atoms with van der Waals surface area (Å²) in [7, 11) is 0. The van der Waals surface area contributed by atoms with Gasteiger partial charge in [0, 0.05) is 27.3 Å². The molecule has 0 spiro atoms. The topological polar surface area (TPSA) is 58.2 Å². The lowest BCUT2D eigenvalue weighted by Crippen LogP contribution is -2.29. The minimum atomic E-state index is -0.382. The summed E-state index contributed by atoms with van der Waals surface area (Å²) in [5.74, 6) is -0.735. The van der Waals surface area contributed by atoms with Gasteiger partial charge in [-0.05, 0) is 54.8 Å². The zero-order valence-corrected chi connectivity index (χ0v) is 15.8. The molecule has 0 unspecified atom stereocenters. The molecule has 0 saturated carbocycles. The van der Waals surface area contributed by atoms with Crippen molar-refractivity contribution in [3.63, 3.8) is 0 Å². The van der Waals surface area contributed by atoms with Crippen molar-refractivity contribution in [2.24, 2.45) is 0 Å². The van der Waals surface area contributed by atoms with Gasteiger partial charge in [0.1, 0.15) is 6.42 Å². The second-order valence-corrected chi connectivity index (χ2v) is 6.80. The van der Waals surface area contributed by atoms with Crippen LogP contribution in [0.5, 0.6) is 0 Å². The van der Waals surface area contributed by atoms with E-state index in [1.165, 1.54) is 0 Å². The van der Waals surface area contributed by atoms with Gasteiger partial charge in [-0.3, -0.25) is 9.59 Å². The molecule has 0 aliphatic heterocycles. The van der Waals surface area contributed by atoms with Crippen molar-refractivity contribution in [1.82, 2.24) is 5.32 Å². The Morgan fingerprint density at radius 3 is 2.32 bits per heavy atom. The summed E-state index contributed by atoms with van der Waals surface area (Å²) in [5.41, 5.74) is 2.35. The third-order valence-electron chi connectivity index (χ3n) is 3.52. The molecule has 0 bridgehead atoms. The standard InChI is InChI=1S/C18H17Cl3N2O2/c1-11-8-13(19)4-5-16(11)23-18(25)10-17(24)22-7-6-12-2-3-14(20)9-15(12)21/h2-5,8-9H,6-7,10H2,1H3,(H,22,24)(H,23,25). The third-order valence-corrected chi connectivity index (χ3v) is 4.34. The van der Waals surface area contributed by atoms with Crippen LogP contribution >= 0.6 is 34.8 Å². The van der Waals surface area contributed by atoms with Crippen molar-refractivity contribution < 1.29 is 9.59 Å². The molecular formula is C18H17Cl3N2O2. The number of anilines is 1. The van der Waals surface area contributed by atoms with Crippen molar-refractivity contribution in [2.45, 2.75) is 19.8 Å². The average molecular weight is 400 g/mol. The summed E-state index contributed by atoms with van der Waals surface area (Å²) in [6.45, 7) is 2.21. The van der Waals surface area contributed by atoms with E-state index >= 15 is 0 Å². The highest BCUT2D eigenvalue weighted by atomic mass is 35.5. The van der Waals surface area contributed by atoms with Gasteiger partial charge in [-0.2, -0.15) is 0 Å². The Morgan fingerprint density at radius 1 is 0.960 bits per heavy atom. The van der Waals surface area contributed by atoms with Crippen LogP contribution < -0.4 is 10.6 Å². The molecule has 0 aliphatic carbocycles. The molecule has 2 rings (SSSR count). The second-order valence-electron chi connectivity index (χ2n) is 5.52. The van der Waals surface area contributed by atoms with Crippen LogP contribution in [0.15, 0.2) is 36.4 Å². The quantitative estimate of drug-likeness (QED) is 0.695. The number of nitrogens with one attached hydrogen (secondary N) is 2. The lowest BCUT2D eigenvalue weighted by atomic mass is 10.1. The Bertz CT molecular complexity index is 794. The van der Waals surface area contributed by atoms with Gasteiger partial charge in [-0.25, -0.2) is 0 Å². The maximum absolute atomic E-state index is 11.9. The first-order valence-electron chi connectivity index (χ1n) is 7.62. The number of halogens is 3. The maximum atomic E-state index is 11.9. The molecule has 25 heavy (non-hydrogen) atoms. The molecule has 0 fully saturated rings. The Labute approximate surface area is 161 Å². The number of aryl methyl sites for hydroxylation is 1. The third kappa shape index (κ3) is 6.24. The first-order chi connectivity index (χ1) is 11.8. The first kappa shape index (κ1) is 19.6. The smallest absolute Gasteiger partial charge is 0.233 e. The molecule has 0 atom stereocenters. The molecule has 2 aromatic carbocycles. The number of carbonyl (C=O) groups excluding carboxylic acids is 2. The minimum Gasteiger partial charge on any atom is -0.355 e. The van der Waals surface area contributed by atoms with E-state index in [-0.39, 0.29) is 18.2 Å². The van der Waals surface area contributed by atoms with Crippen molar-refractivity contribution >= 4 is 52.3 Å².